The summed E-state index contributed by atoms with van der Waals surface area (Å²) in [6.07, 6.45) is 0.553. The number of benzene rings is 1. The lowest BCUT2D eigenvalue weighted by Gasteiger charge is -2.08. The van der Waals surface area contributed by atoms with E-state index in [1.165, 1.54) is 6.07 Å². The molecule has 1 aromatic carbocycles. The molecule has 0 saturated carbocycles. The average Bonchev–Trinajstić information content (AvgIpc) is 2.91. The molecule has 2 aromatic rings. The first-order chi connectivity index (χ1) is 10.1. The Morgan fingerprint density at radius 2 is 2.33 bits per heavy atom. The lowest BCUT2D eigenvalue weighted by atomic mass is 10.1. The van der Waals surface area contributed by atoms with E-state index in [0.29, 0.717) is 47.6 Å². The molecule has 0 atom stereocenters. The Morgan fingerprint density at radius 1 is 1.52 bits per heavy atom. The van der Waals surface area contributed by atoms with Crippen LogP contribution in [0.25, 0.3) is 0 Å². The number of anilines is 1. The largest absolute Gasteiger partial charge is 0.384 e. The second-order valence-electron chi connectivity index (χ2n) is 4.25. The van der Waals surface area contributed by atoms with E-state index in [9.17, 15) is 4.79 Å². The number of nitrogens with zero attached hydrogens (tertiary/aromatic N) is 2. The van der Waals surface area contributed by atoms with Crippen molar-refractivity contribution in [2.24, 2.45) is 5.73 Å². The van der Waals surface area contributed by atoms with Crippen molar-refractivity contribution < 1.29 is 14.1 Å². The van der Waals surface area contributed by atoms with Crippen molar-refractivity contribution in [3.8, 4) is 0 Å². The third-order valence-corrected chi connectivity index (χ3v) is 2.95. The summed E-state index contributed by atoms with van der Waals surface area (Å²) < 4.78 is 9.99. The van der Waals surface area contributed by atoms with Crippen molar-refractivity contribution in [3.05, 3.63) is 40.5 Å². The number of carbonyl (C=O) groups excluding carboxylic acids is 1. The Labute approximate surface area is 126 Å². The summed E-state index contributed by atoms with van der Waals surface area (Å²) in [5.41, 5.74) is 6.19. The van der Waals surface area contributed by atoms with Gasteiger partial charge in [0.25, 0.3) is 5.91 Å². The smallest absolute Gasteiger partial charge is 0.250 e. The van der Waals surface area contributed by atoms with Gasteiger partial charge in [0.15, 0.2) is 5.82 Å². The second-order valence-corrected chi connectivity index (χ2v) is 4.69. The molecule has 8 heteroatoms. The van der Waals surface area contributed by atoms with Crippen molar-refractivity contribution in [1.29, 1.82) is 0 Å². The van der Waals surface area contributed by atoms with E-state index in [4.69, 9.17) is 26.6 Å². The van der Waals surface area contributed by atoms with Gasteiger partial charge in [0, 0.05) is 17.8 Å². The van der Waals surface area contributed by atoms with Crippen LogP contribution in [0.4, 0.5) is 5.69 Å². The number of rotatable bonds is 7. The van der Waals surface area contributed by atoms with Crippen LogP contribution in [-0.2, 0) is 17.7 Å². The van der Waals surface area contributed by atoms with Gasteiger partial charge >= 0.3 is 0 Å². The van der Waals surface area contributed by atoms with Crippen LogP contribution >= 0.6 is 11.6 Å². The van der Waals surface area contributed by atoms with E-state index in [-0.39, 0.29) is 0 Å². The van der Waals surface area contributed by atoms with E-state index in [2.05, 4.69) is 15.5 Å². The third-order valence-electron chi connectivity index (χ3n) is 2.71. The number of nitrogens with two attached hydrogens (primary N) is 1. The fourth-order valence-electron chi connectivity index (χ4n) is 1.70. The number of methoxy groups -OCH3 is 1. The molecule has 21 heavy (non-hydrogen) atoms. The minimum atomic E-state index is -0.561. The van der Waals surface area contributed by atoms with Crippen LogP contribution in [0.5, 0.6) is 0 Å². The van der Waals surface area contributed by atoms with Crippen LogP contribution in [0.15, 0.2) is 22.7 Å². The van der Waals surface area contributed by atoms with Gasteiger partial charge in [-0.2, -0.15) is 4.98 Å². The molecule has 2 rings (SSSR count). The van der Waals surface area contributed by atoms with E-state index in [0.717, 1.165) is 0 Å². The molecule has 0 saturated heterocycles. The standard InChI is InChI=1S/C13H15ClN4O3/c1-20-5-4-12-17-11(18-21-12)7-16-10-3-2-8(14)6-9(10)13(15)19/h2-3,6,16H,4-5,7H2,1H3,(H2,15,19). The molecule has 0 unspecified atom stereocenters. The molecule has 7 nitrogen and oxygen atoms in total. The van der Waals surface area contributed by atoms with Gasteiger partial charge in [-0.25, -0.2) is 0 Å². The van der Waals surface area contributed by atoms with Gasteiger partial charge in [0.2, 0.25) is 5.89 Å². The summed E-state index contributed by atoms with van der Waals surface area (Å²) in [4.78, 5) is 15.6. The van der Waals surface area contributed by atoms with Crippen molar-refractivity contribution in [2.75, 3.05) is 19.0 Å². The molecule has 0 aliphatic rings. The van der Waals surface area contributed by atoms with Gasteiger partial charge in [-0.1, -0.05) is 16.8 Å². The normalized spacial score (nSPS) is 10.6. The number of hydrogen-bond acceptors (Lipinski definition) is 6. The number of halogens is 1. The van der Waals surface area contributed by atoms with Crippen molar-refractivity contribution in [2.45, 2.75) is 13.0 Å². The molecule has 3 N–H and O–H groups in total. The molecule has 1 aromatic heterocycles. The lowest BCUT2D eigenvalue weighted by molar-refractivity contribution is 0.100. The van der Waals surface area contributed by atoms with Crippen LogP contribution in [0.3, 0.4) is 0 Å². The van der Waals surface area contributed by atoms with Gasteiger partial charge in [0.05, 0.1) is 25.1 Å². The first-order valence-corrected chi connectivity index (χ1v) is 6.61. The summed E-state index contributed by atoms with van der Waals surface area (Å²) in [6, 6.07) is 4.84. The molecule has 1 heterocycles. The fraction of sp³-hybridized carbons (Fsp3) is 0.308. The number of primary amides is 1. The fourth-order valence-corrected chi connectivity index (χ4v) is 1.87. The predicted octanol–water partition coefficient (Wildman–Crippen LogP) is 1.62. The number of carbonyl (C=O) groups is 1. The highest BCUT2D eigenvalue weighted by Gasteiger charge is 2.11. The van der Waals surface area contributed by atoms with Gasteiger partial charge in [-0.3, -0.25) is 4.79 Å². The van der Waals surface area contributed by atoms with Crippen molar-refractivity contribution in [1.82, 2.24) is 10.1 Å². The molecule has 0 bridgehead atoms. The Morgan fingerprint density at radius 3 is 3.05 bits per heavy atom. The maximum atomic E-state index is 11.4. The predicted molar refractivity (Wildman–Crippen MR) is 77.2 cm³/mol. The Kier molecular flexibility index (Phi) is 5.13. The van der Waals surface area contributed by atoms with Crippen molar-refractivity contribution in [3.63, 3.8) is 0 Å². The minimum absolute atomic E-state index is 0.304. The maximum Gasteiger partial charge on any atom is 0.250 e. The molecular weight excluding hydrogens is 296 g/mol. The molecule has 0 radical (unpaired) electrons. The third kappa shape index (κ3) is 4.17. The number of ether oxygens (including phenoxy) is 1. The number of amides is 1. The molecule has 0 aliphatic heterocycles. The highest BCUT2D eigenvalue weighted by Crippen LogP contribution is 2.20. The number of nitrogens with one attached hydrogen (secondary N) is 1. The van der Waals surface area contributed by atoms with Crippen LogP contribution in [-0.4, -0.2) is 29.8 Å². The monoisotopic (exact) mass is 310 g/mol. The van der Waals surface area contributed by atoms with Crippen molar-refractivity contribution >= 4 is 23.2 Å². The number of hydrogen-bond donors (Lipinski definition) is 2. The van der Waals surface area contributed by atoms with Gasteiger partial charge in [0.1, 0.15) is 0 Å². The zero-order chi connectivity index (χ0) is 15.2. The highest BCUT2D eigenvalue weighted by atomic mass is 35.5. The van der Waals surface area contributed by atoms with Crippen LogP contribution in [0.2, 0.25) is 5.02 Å². The van der Waals surface area contributed by atoms with E-state index < -0.39 is 5.91 Å². The van der Waals surface area contributed by atoms with E-state index in [1.807, 2.05) is 0 Å². The molecular formula is C13H15ClN4O3. The first-order valence-electron chi connectivity index (χ1n) is 6.23. The summed E-state index contributed by atoms with van der Waals surface area (Å²) >= 11 is 5.84. The second kappa shape index (κ2) is 7.05. The zero-order valence-corrected chi connectivity index (χ0v) is 12.2. The minimum Gasteiger partial charge on any atom is -0.384 e. The maximum absolute atomic E-state index is 11.4. The zero-order valence-electron chi connectivity index (χ0n) is 11.4. The van der Waals surface area contributed by atoms with Gasteiger partial charge in [-0.05, 0) is 18.2 Å². The van der Waals surface area contributed by atoms with Crippen LogP contribution < -0.4 is 11.1 Å². The Hall–Kier alpha value is -2.12. The van der Waals surface area contributed by atoms with Crippen LogP contribution in [0.1, 0.15) is 22.1 Å². The summed E-state index contributed by atoms with van der Waals surface area (Å²) in [7, 11) is 1.60. The molecule has 1 amide bonds. The average molecular weight is 311 g/mol. The van der Waals surface area contributed by atoms with E-state index >= 15 is 0 Å². The highest BCUT2D eigenvalue weighted by molar-refractivity contribution is 6.31. The molecule has 0 spiro atoms. The summed E-state index contributed by atoms with van der Waals surface area (Å²) in [6.45, 7) is 0.816. The molecule has 112 valence electrons. The summed E-state index contributed by atoms with van der Waals surface area (Å²) in [5.74, 6) is 0.417. The Balaban J connectivity index is 2.03. The van der Waals surface area contributed by atoms with Gasteiger partial charge in [-0.15, -0.1) is 0 Å². The molecule has 0 fully saturated rings. The SMILES string of the molecule is COCCc1nc(CNc2ccc(Cl)cc2C(N)=O)no1. The topological polar surface area (TPSA) is 103 Å². The molecule has 0 aliphatic carbocycles. The number of aromatic nitrogens is 2. The first kappa shape index (κ1) is 15.3. The Bertz CT molecular complexity index is 630. The van der Waals surface area contributed by atoms with E-state index in [1.54, 1.807) is 19.2 Å². The van der Waals surface area contributed by atoms with Crippen LogP contribution in [0, 0.1) is 0 Å². The summed E-state index contributed by atoms with van der Waals surface area (Å²) in [5, 5.41) is 7.30. The van der Waals surface area contributed by atoms with Gasteiger partial charge < -0.3 is 20.3 Å². The quantitative estimate of drug-likeness (QED) is 0.805. The lowest BCUT2D eigenvalue weighted by Crippen LogP contribution is -2.14.